The topological polar surface area (TPSA) is 50.8 Å². The number of methoxy groups -OCH3 is 1. The second-order valence-electron chi connectivity index (χ2n) is 5.74. The molecule has 116 valence electrons. The maximum Gasteiger partial charge on any atom is 0.238 e. The lowest BCUT2D eigenvalue weighted by Gasteiger charge is -2.33. The highest BCUT2D eigenvalue weighted by Gasteiger charge is 2.36. The summed E-state index contributed by atoms with van der Waals surface area (Å²) in [6.07, 6.45) is -0.173. The van der Waals surface area contributed by atoms with Crippen molar-refractivity contribution in [3.8, 4) is 5.75 Å². The molecule has 0 spiro atoms. The summed E-state index contributed by atoms with van der Waals surface area (Å²) in [7, 11) is 1.64. The van der Waals surface area contributed by atoms with E-state index in [1.165, 1.54) is 0 Å². The molecule has 0 aliphatic carbocycles. The summed E-state index contributed by atoms with van der Waals surface area (Å²) in [5.74, 6) is 0.864. The molecule has 21 heavy (non-hydrogen) atoms. The second-order valence-corrected chi connectivity index (χ2v) is 5.74. The van der Waals surface area contributed by atoms with E-state index in [9.17, 15) is 4.79 Å². The molecule has 1 heterocycles. The van der Waals surface area contributed by atoms with Crippen LogP contribution >= 0.6 is 0 Å². The van der Waals surface area contributed by atoms with Gasteiger partial charge in [0.1, 0.15) is 11.9 Å². The standard InChI is InChI=1S/C16H24N2O3/c1-5-21-16(2,3)11-18-14(19)10-17-15(18)12-8-6-7-9-13(12)20-4/h6-9,15,17H,5,10-11H2,1-4H3. The van der Waals surface area contributed by atoms with E-state index in [4.69, 9.17) is 9.47 Å². The van der Waals surface area contributed by atoms with Gasteiger partial charge in [-0.05, 0) is 26.8 Å². The summed E-state index contributed by atoms with van der Waals surface area (Å²) in [6.45, 7) is 7.47. The quantitative estimate of drug-likeness (QED) is 0.870. The third-order valence-corrected chi connectivity index (χ3v) is 3.60. The molecule has 0 radical (unpaired) electrons. The third-order valence-electron chi connectivity index (χ3n) is 3.60. The van der Waals surface area contributed by atoms with Crippen LogP contribution in [0, 0.1) is 0 Å². The average molecular weight is 292 g/mol. The van der Waals surface area contributed by atoms with Crippen molar-refractivity contribution < 1.29 is 14.3 Å². The minimum Gasteiger partial charge on any atom is -0.496 e. The van der Waals surface area contributed by atoms with Crippen molar-refractivity contribution in [1.82, 2.24) is 10.2 Å². The van der Waals surface area contributed by atoms with E-state index in [0.29, 0.717) is 19.7 Å². The largest absolute Gasteiger partial charge is 0.496 e. The molecule has 1 aliphatic rings. The summed E-state index contributed by atoms with van der Waals surface area (Å²) in [5.41, 5.74) is 0.592. The Hall–Kier alpha value is -1.59. The van der Waals surface area contributed by atoms with Crippen molar-refractivity contribution in [2.24, 2.45) is 0 Å². The number of nitrogens with zero attached hydrogens (tertiary/aromatic N) is 1. The molecule has 1 aromatic rings. The van der Waals surface area contributed by atoms with Gasteiger partial charge in [0.2, 0.25) is 5.91 Å². The number of para-hydroxylation sites is 1. The first-order chi connectivity index (χ1) is 9.98. The number of rotatable bonds is 6. The predicted octanol–water partition coefficient (Wildman–Crippen LogP) is 1.94. The number of nitrogens with one attached hydrogen (secondary N) is 1. The fraction of sp³-hybridized carbons (Fsp3) is 0.562. The summed E-state index contributed by atoms with van der Waals surface area (Å²) in [4.78, 5) is 14.0. The van der Waals surface area contributed by atoms with Gasteiger partial charge in [-0.3, -0.25) is 10.1 Å². The van der Waals surface area contributed by atoms with Crippen LogP contribution in [0.4, 0.5) is 0 Å². The Morgan fingerprint density at radius 2 is 2.10 bits per heavy atom. The van der Waals surface area contributed by atoms with Crippen molar-refractivity contribution >= 4 is 5.91 Å². The molecule has 1 unspecified atom stereocenters. The van der Waals surface area contributed by atoms with Gasteiger partial charge in [0.15, 0.2) is 0 Å². The van der Waals surface area contributed by atoms with Crippen molar-refractivity contribution in [2.75, 3.05) is 26.8 Å². The van der Waals surface area contributed by atoms with Crippen molar-refractivity contribution in [2.45, 2.75) is 32.5 Å². The minimum absolute atomic E-state index is 0.0821. The Labute approximate surface area is 126 Å². The van der Waals surface area contributed by atoms with Crippen LogP contribution in [-0.2, 0) is 9.53 Å². The van der Waals surface area contributed by atoms with Crippen LogP contribution in [0.25, 0.3) is 0 Å². The molecule has 1 amide bonds. The first-order valence-electron chi connectivity index (χ1n) is 7.28. The highest BCUT2D eigenvalue weighted by atomic mass is 16.5. The Morgan fingerprint density at radius 1 is 1.38 bits per heavy atom. The third kappa shape index (κ3) is 3.54. The first kappa shape index (κ1) is 15.8. The fourth-order valence-corrected chi connectivity index (χ4v) is 2.74. The summed E-state index contributed by atoms with van der Waals surface area (Å²) in [6, 6.07) is 7.77. The Bertz CT molecular complexity index is 502. The molecule has 0 aromatic heterocycles. The number of benzene rings is 1. The van der Waals surface area contributed by atoms with Crippen LogP contribution in [0.15, 0.2) is 24.3 Å². The van der Waals surface area contributed by atoms with E-state index in [2.05, 4.69) is 5.32 Å². The zero-order valence-electron chi connectivity index (χ0n) is 13.2. The zero-order chi connectivity index (χ0) is 15.5. The van der Waals surface area contributed by atoms with Crippen LogP contribution in [-0.4, -0.2) is 43.2 Å². The van der Waals surface area contributed by atoms with Crippen molar-refractivity contribution in [3.05, 3.63) is 29.8 Å². The molecule has 1 aliphatic heterocycles. The minimum atomic E-state index is -0.378. The average Bonchev–Trinajstić information content (AvgIpc) is 2.79. The SMILES string of the molecule is CCOC(C)(C)CN1C(=O)CNC1c1ccccc1OC. The molecule has 1 saturated heterocycles. The Morgan fingerprint density at radius 3 is 2.76 bits per heavy atom. The van der Waals surface area contributed by atoms with Gasteiger partial charge in [-0.15, -0.1) is 0 Å². The molecule has 2 rings (SSSR count). The molecule has 1 atom stereocenters. The normalized spacial score (nSPS) is 19.1. The molecule has 1 N–H and O–H groups in total. The number of hydrogen-bond acceptors (Lipinski definition) is 4. The van der Waals surface area contributed by atoms with Gasteiger partial charge in [0, 0.05) is 12.2 Å². The van der Waals surface area contributed by atoms with Crippen LogP contribution in [0.5, 0.6) is 5.75 Å². The predicted molar refractivity (Wildman–Crippen MR) is 81.2 cm³/mol. The van der Waals surface area contributed by atoms with Gasteiger partial charge >= 0.3 is 0 Å². The van der Waals surface area contributed by atoms with E-state index in [1.807, 2.05) is 49.9 Å². The van der Waals surface area contributed by atoms with E-state index in [1.54, 1.807) is 7.11 Å². The van der Waals surface area contributed by atoms with Gasteiger partial charge in [-0.2, -0.15) is 0 Å². The second kappa shape index (κ2) is 6.45. The van der Waals surface area contributed by atoms with Crippen LogP contribution in [0.2, 0.25) is 0 Å². The number of hydrogen-bond donors (Lipinski definition) is 1. The van der Waals surface area contributed by atoms with Crippen LogP contribution < -0.4 is 10.1 Å². The van der Waals surface area contributed by atoms with Crippen LogP contribution in [0.3, 0.4) is 0 Å². The van der Waals surface area contributed by atoms with E-state index >= 15 is 0 Å². The maximum atomic E-state index is 12.2. The summed E-state index contributed by atoms with van der Waals surface area (Å²) in [5, 5.41) is 3.25. The molecule has 1 fully saturated rings. The monoisotopic (exact) mass is 292 g/mol. The molecule has 5 heteroatoms. The Kier molecular flexibility index (Phi) is 4.85. The number of carbonyl (C=O) groups excluding carboxylic acids is 1. The maximum absolute atomic E-state index is 12.2. The Balaban J connectivity index is 2.24. The molecular weight excluding hydrogens is 268 g/mol. The molecular formula is C16H24N2O3. The van der Waals surface area contributed by atoms with E-state index in [-0.39, 0.29) is 17.7 Å². The number of ether oxygens (including phenoxy) is 2. The number of amides is 1. The van der Waals surface area contributed by atoms with Gasteiger partial charge in [0.05, 0.1) is 25.8 Å². The highest BCUT2D eigenvalue weighted by molar-refractivity contribution is 5.81. The van der Waals surface area contributed by atoms with Gasteiger partial charge in [-0.25, -0.2) is 0 Å². The molecule has 5 nitrogen and oxygen atoms in total. The van der Waals surface area contributed by atoms with E-state index < -0.39 is 0 Å². The smallest absolute Gasteiger partial charge is 0.238 e. The highest BCUT2D eigenvalue weighted by Crippen LogP contribution is 2.31. The van der Waals surface area contributed by atoms with Gasteiger partial charge in [0.25, 0.3) is 0 Å². The number of carbonyl (C=O) groups is 1. The van der Waals surface area contributed by atoms with E-state index in [0.717, 1.165) is 11.3 Å². The van der Waals surface area contributed by atoms with Crippen LogP contribution in [0.1, 0.15) is 32.5 Å². The lowest BCUT2D eigenvalue weighted by molar-refractivity contribution is -0.132. The zero-order valence-corrected chi connectivity index (χ0v) is 13.2. The first-order valence-corrected chi connectivity index (χ1v) is 7.28. The van der Waals surface area contributed by atoms with Crippen molar-refractivity contribution in [1.29, 1.82) is 0 Å². The molecule has 0 bridgehead atoms. The summed E-state index contributed by atoms with van der Waals surface area (Å²) >= 11 is 0. The molecule has 0 saturated carbocycles. The summed E-state index contributed by atoms with van der Waals surface area (Å²) < 4.78 is 11.1. The molecule has 1 aromatic carbocycles. The lowest BCUT2D eigenvalue weighted by atomic mass is 10.1. The van der Waals surface area contributed by atoms with Gasteiger partial charge < -0.3 is 14.4 Å². The fourth-order valence-electron chi connectivity index (χ4n) is 2.74. The lowest BCUT2D eigenvalue weighted by Crippen LogP contribution is -2.43. The van der Waals surface area contributed by atoms with Gasteiger partial charge in [-0.1, -0.05) is 18.2 Å². The van der Waals surface area contributed by atoms with Crippen molar-refractivity contribution in [3.63, 3.8) is 0 Å².